The number of ketones is 1. The van der Waals surface area contributed by atoms with Crippen LogP contribution in [-0.4, -0.2) is 35.8 Å². The maximum absolute atomic E-state index is 13.6. The maximum atomic E-state index is 13.6. The minimum absolute atomic E-state index is 0.0814. The molecule has 1 aromatic heterocycles. The Bertz CT molecular complexity index is 923. The lowest BCUT2D eigenvalue weighted by atomic mass is 9.87. The van der Waals surface area contributed by atoms with Gasteiger partial charge >= 0.3 is 0 Å². The number of benzene rings is 1. The Labute approximate surface area is 186 Å². The number of carbonyl (C=O) groups is 2. The molecule has 170 valence electrons. The van der Waals surface area contributed by atoms with E-state index in [1.807, 2.05) is 39.0 Å². The molecule has 2 atom stereocenters. The first-order valence-electron chi connectivity index (χ1n) is 11.7. The lowest BCUT2D eigenvalue weighted by Crippen LogP contribution is -2.42. The van der Waals surface area contributed by atoms with E-state index >= 15 is 0 Å². The largest absolute Gasteiger partial charge is 0.497 e. The van der Waals surface area contributed by atoms with Gasteiger partial charge in [-0.15, -0.1) is 0 Å². The molecular formula is C26H37NO4. The number of methoxy groups -OCH3 is 1. The molecule has 1 amide bonds. The molecule has 1 aliphatic rings. The van der Waals surface area contributed by atoms with Crippen molar-refractivity contribution in [3.63, 3.8) is 0 Å². The molecule has 5 heteroatoms. The van der Waals surface area contributed by atoms with Gasteiger partial charge in [0.2, 0.25) is 11.7 Å². The summed E-state index contributed by atoms with van der Waals surface area (Å²) in [6.07, 6.45) is 6.49. The molecule has 0 N–H and O–H groups in total. The molecule has 1 fully saturated rings. The highest BCUT2D eigenvalue weighted by molar-refractivity contribution is 6.04. The molecule has 0 saturated carbocycles. The molecule has 31 heavy (non-hydrogen) atoms. The molecule has 0 radical (unpaired) electrons. The summed E-state index contributed by atoms with van der Waals surface area (Å²) in [5.74, 6) is 1.01. The molecule has 2 heterocycles. The lowest BCUT2D eigenvalue weighted by molar-refractivity contribution is -0.133. The van der Waals surface area contributed by atoms with Crippen LogP contribution in [0, 0.1) is 5.41 Å². The number of ether oxygens (including phenoxy) is 1. The Morgan fingerprint density at radius 3 is 2.23 bits per heavy atom. The molecule has 2 aromatic rings. The van der Waals surface area contributed by atoms with E-state index in [0.717, 1.165) is 43.9 Å². The van der Waals surface area contributed by atoms with Crippen LogP contribution in [0.25, 0.3) is 11.0 Å². The predicted molar refractivity (Wildman–Crippen MR) is 124 cm³/mol. The van der Waals surface area contributed by atoms with Crippen molar-refractivity contribution in [2.45, 2.75) is 91.6 Å². The van der Waals surface area contributed by atoms with Gasteiger partial charge in [0.1, 0.15) is 11.3 Å². The van der Waals surface area contributed by atoms with E-state index in [9.17, 15) is 9.59 Å². The maximum Gasteiger partial charge on any atom is 0.227 e. The normalized spacial score (nSPS) is 19.2. The number of hydrogen-bond acceptors (Lipinski definition) is 4. The summed E-state index contributed by atoms with van der Waals surface area (Å²) >= 11 is 0. The highest BCUT2D eigenvalue weighted by Crippen LogP contribution is 2.36. The van der Waals surface area contributed by atoms with Crippen LogP contribution in [0.3, 0.4) is 0 Å². The van der Waals surface area contributed by atoms with Gasteiger partial charge < -0.3 is 14.1 Å². The first-order valence-corrected chi connectivity index (χ1v) is 11.7. The third-order valence-electron chi connectivity index (χ3n) is 6.37. The van der Waals surface area contributed by atoms with Gasteiger partial charge in [-0.25, -0.2) is 0 Å². The minimum Gasteiger partial charge on any atom is -0.497 e. The van der Waals surface area contributed by atoms with Gasteiger partial charge in [-0.2, -0.15) is 0 Å². The summed E-state index contributed by atoms with van der Waals surface area (Å²) in [5.41, 5.74) is 0.711. The topological polar surface area (TPSA) is 59.8 Å². The van der Waals surface area contributed by atoms with Gasteiger partial charge in [0.25, 0.3) is 0 Å². The van der Waals surface area contributed by atoms with E-state index in [1.54, 1.807) is 7.11 Å². The van der Waals surface area contributed by atoms with Crippen LogP contribution < -0.4 is 4.74 Å². The van der Waals surface area contributed by atoms with Crippen molar-refractivity contribution in [2.24, 2.45) is 5.41 Å². The van der Waals surface area contributed by atoms with Crippen LogP contribution >= 0.6 is 0 Å². The van der Waals surface area contributed by atoms with Crippen molar-refractivity contribution in [2.75, 3.05) is 7.11 Å². The SMILES string of the molecule is CCCC1CCC(CCC)N1C(=O)Cc1c(C(=O)C(C)(C)C)oc2ccc(OC)cc12. The number of furan rings is 1. The zero-order valence-corrected chi connectivity index (χ0v) is 19.9. The summed E-state index contributed by atoms with van der Waals surface area (Å²) in [6.45, 7) is 9.98. The average Bonchev–Trinajstić information content (AvgIpc) is 3.28. The Kier molecular flexibility index (Phi) is 7.13. The zero-order valence-electron chi connectivity index (χ0n) is 19.9. The van der Waals surface area contributed by atoms with Crippen LogP contribution in [0.1, 0.15) is 89.3 Å². The third-order valence-corrected chi connectivity index (χ3v) is 6.37. The average molecular weight is 428 g/mol. The van der Waals surface area contributed by atoms with Crippen LogP contribution in [0.4, 0.5) is 0 Å². The van der Waals surface area contributed by atoms with E-state index in [2.05, 4.69) is 18.7 Å². The van der Waals surface area contributed by atoms with Crippen molar-refractivity contribution in [1.82, 2.24) is 4.90 Å². The highest BCUT2D eigenvalue weighted by Gasteiger charge is 2.37. The predicted octanol–water partition coefficient (Wildman–Crippen LogP) is 6.17. The number of amides is 1. The quantitative estimate of drug-likeness (QED) is 0.473. The molecule has 1 aromatic carbocycles. The summed E-state index contributed by atoms with van der Waals surface area (Å²) < 4.78 is 11.4. The Hall–Kier alpha value is -2.30. The van der Waals surface area contributed by atoms with Crippen molar-refractivity contribution in [3.8, 4) is 5.75 Å². The first kappa shape index (κ1) is 23.4. The monoisotopic (exact) mass is 427 g/mol. The lowest BCUT2D eigenvalue weighted by Gasteiger charge is -2.30. The van der Waals surface area contributed by atoms with E-state index in [0.29, 0.717) is 34.7 Å². The molecule has 5 nitrogen and oxygen atoms in total. The van der Waals surface area contributed by atoms with E-state index in [-0.39, 0.29) is 18.1 Å². The van der Waals surface area contributed by atoms with Crippen molar-refractivity contribution in [1.29, 1.82) is 0 Å². The number of carbonyl (C=O) groups excluding carboxylic acids is 2. The number of rotatable bonds is 8. The van der Waals surface area contributed by atoms with E-state index < -0.39 is 5.41 Å². The number of Topliss-reactive ketones (excluding diaryl/α,β-unsaturated/α-hetero) is 1. The van der Waals surface area contributed by atoms with Gasteiger partial charge in [-0.3, -0.25) is 9.59 Å². The second-order valence-corrected chi connectivity index (χ2v) is 9.79. The molecule has 0 bridgehead atoms. The zero-order chi connectivity index (χ0) is 22.8. The van der Waals surface area contributed by atoms with Crippen LogP contribution in [-0.2, 0) is 11.2 Å². The van der Waals surface area contributed by atoms with Crippen molar-refractivity contribution < 1.29 is 18.7 Å². The molecule has 1 aliphatic heterocycles. The van der Waals surface area contributed by atoms with Gasteiger partial charge in [-0.05, 0) is 43.9 Å². The Morgan fingerprint density at radius 1 is 1.10 bits per heavy atom. The molecule has 0 spiro atoms. The number of nitrogens with zero attached hydrogens (tertiary/aromatic N) is 1. The fourth-order valence-electron chi connectivity index (χ4n) is 4.80. The smallest absolute Gasteiger partial charge is 0.227 e. The fourth-order valence-corrected chi connectivity index (χ4v) is 4.80. The standard InChI is InChI=1S/C26H37NO4/c1-7-9-17-11-12-18(10-8-2)27(17)23(28)16-21-20-15-19(30-6)13-14-22(20)31-24(21)25(29)26(3,4)5/h13-15,17-18H,7-12,16H2,1-6H3. The number of likely N-dealkylation sites (tertiary alicyclic amines) is 1. The summed E-state index contributed by atoms with van der Waals surface area (Å²) in [7, 11) is 1.61. The van der Waals surface area contributed by atoms with Crippen LogP contribution in [0.5, 0.6) is 5.75 Å². The van der Waals surface area contributed by atoms with Gasteiger partial charge in [-0.1, -0.05) is 47.5 Å². The fraction of sp³-hybridized carbons (Fsp3) is 0.615. The third kappa shape index (κ3) is 4.81. The first-order chi connectivity index (χ1) is 14.7. The van der Waals surface area contributed by atoms with E-state index in [4.69, 9.17) is 9.15 Å². The second-order valence-electron chi connectivity index (χ2n) is 9.79. The van der Waals surface area contributed by atoms with Crippen molar-refractivity contribution >= 4 is 22.7 Å². The summed E-state index contributed by atoms with van der Waals surface area (Å²) in [5, 5.41) is 0.790. The van der Waals surface area contributed by atoms with Crippen LogP contribution in [0.2, 0.25) is 0 Å². The Balaban J connectivity index is 2.03. The minimum atomic E-state index is -0.598. The van der Waals surface area contributed by atoms with Crippen LogP contribution in [0.15, 0.2) is 22.6 Å². The summed E-state index contributed by atoms with van der Waals surface area (Å²) in [6, 6.07) is 6.10. The Morgan fingerprint density at radius 2 is 1.71 bits per heavy atom. The van der Waals surface area contributed by atoms with Gasteiger partial charge in [0.05, 0.1) is 13.5 Å². The molecular weight excluding hydrogens is 390 g/mol. The summed E-state index contributed by atoms with van der Waals surface area (Å²) in [4.78, 5) is 29.0. The van der Waals surface area contributed by atoms with E-state index in [1.165, 1.54) is 0 Å². The van der Waals surface area contributed by atoms with Gasteiger partial charge in [0, 0.05) is 28.4 Å². The number of hydrogen-bond donors (Lipinski definition) is 0. The second kappa shape index (κ2) is 9.46. The molecule has 3 rings (SSSR count). The molecule has 1 saturated heterocycles. The highest BCUT2D eigenvalue weighted by atomic mass is 16.5. The molecule has 0 aliphatic carbocycles. The molecule has 2 unspecified atom stereocenters. The van der Waals surface area contributed by atoms with Gasteiger partial charge in [0.15, 0.2) is 5.76 Å². The van der Waals surface area contributed by atoms with Crippen molar-refractivity contribution in [3.05, 3.63) is 29.5 Å². The number of fused-ring (bicyclic) bond motifs is 1.